The second kappa shape index (κ2) is 6.58. The van der Waals surface area contributed by atoms with Crippen LogP contribution in [0.1, 0.15) is 36.0 Å². The maximum absolute atomic E-state index is 12.0. The third kappa shape index (κ3) is 4.28. The van der Waals surface area contributed by atoms with Crippen molar-refractivity contribution in [3.05, 3.63) is 29.8 Å². The monoisotopic (exact) mass is 311 g/mol. The maximum Gasteiger partial charge on any atom is 0.251 e. The zero-order valence-electron chi connectivity index (χ0n) is 12.1. The van der Waals surface area contributed by atoms with Crippen LogP contribution in [-0.4, -0.2) is 38.3 Å². The molecule has 6 heteroatoms. The standard InChI is InChI=1S/C15H21NO4S/c1-21(19,20)13-8-6-11(7-9-13)15(18)16-10-12-4-2-3-5-14(12)17/h6-9,12,14,17H,2-5,10H2,1H3,(H,16,18). The molecule has 0 radical (unpaired) electrons. The van der Waals surface area contributed by atoms with Crippen LogP contribution in [0.15, 0.2) is 29.2 Å². The van der Waals surface area contributed by atoms with Crippen molar-refractivity contribution in [2.45, 2.75) is 36.7 Å². The van der Waals surface area contributed by atoms with E-state index in [1.54, 1.807) is 0 Å². The van der Waals surface area contributed by atoms with Crippen molar-refractivity contribution in [1.29, 1.82) is 0 Å². The van der Waals surface area contributed by atoms with Gasteiger partial charge >= 0.3 is 0 Å². The molecule has 1 aromatic carbocycles. The zero-order chi connectivity index (χ0) is 15.5. The number of rotatable bonds is 4. The van der Waals surface area contributed by atoms with Crippen LogP contribution in [0.4, 0.5) is 0 Å². The SMILES string of the molecule is CS(=O)(=O)c1ccc(C(=O)NCC2CCCCC2O)cc1. The van der Waals surface area contributed by atoms with Crippen molar-refractivity contribution in [1.82, 2.24) is 5.32 Å². The number of carbonyl (C=O) groups is 1. The van der Waals surface area contributed by atoms with Crippen molar-refractivity contribution in [2.75, 3.05) is 12.8 Å². The zero-order valence-corrected chi connectivity index (χ0v) is 12.9. The van der Waals surface area contributed by atoms with Crippen molar-refractivity contribution in [3.8, 4) is 0 Å². The lowest BCUT2D eigenvalue weighted by molar-refractivity contribution is 0.0663. The highest BCUT2D eigenvalue weighted by Gasteiger charge is 2.23. The summed E-state index contributed by atoms with van der Waals surface area (Å²) in [5.41, 5.74) is 0.424. The first-order valence-electron chi connectivity index (χ1n) is 7.14. The molecule has 1 aliphatic carbocycles. The quantitative estimate of drug-likeness (QED) is 0.880. The number of nitrogens with one attached hydrogen (secondary N) is 1. The molecule has 0 spiro atoms. The largest absolute Gasteiger partial charge is 0.393 e. The summed E-state index contributed by atoms with van der Waals surface area (Å²) in [5, 5.41) is 12.7. The van der Waals surface area contributed by atoms with Gasteiger partial charge < -0.3 is 10.4 Å². The lowest BCUT2D eigenvalue weighted by Crippen LogP contribution is -2.36. The first-order valence-corrected chi connectivity index (χ1v) is 9.03. The number of amides is 1. The van der Waals surface area contributed by atoms with Gasteiger partial charge in [0, 0.05) is 24.3 Å². The molecule has 1 saturated carbocycles. The Kier molecular flexibility index (Phi) is 5.00. The third-order valence-corrected chi connectivity index (χ3v) is 5.07. The number of benzene rings is 1. The van der Waals surface area contributed by atoms with Gasteiger partial charge in [-0.05, 0) is 37.1 Å². The average molecular weight is 311 g/mol. The number of hydrogen-bond donors (Lipinski definition) is 2. The van der Waals surface area contributed by atoms with E-state index in [1.165, 1.54) is 24.3 Å². The van der Waals surface area contributed by atoms with Crippen LogP contribution < -0.4 is 5.32 Å². The molecule has 0 aromatic heterocycles. The first-order chi connectivity index (χ1) is 9.88. The number of carbonyl (C=O) groups excluding carboxylic acids is 1. The Balaban J connectivity index is 1.94. The van der Waals surface area contributed by atoms with Gasteiger partial charge in [-0.25, -0.2) is 8.42 Å². The van der Waals surface area contributed by atoms with Gasteiger partial charge in [0.1, 0.15) is 0 Å². The average Bonchev–Trinajstić information content (AvgIpc) is 2.45. The molecule has 0 saturated heterocycles. The second-order valence-electron chi connectivity index (χ2n) is 5.62. The van der Waals surface area contributed by atoms with E-state index in [0.29, 0.717) is 12.1 Å². The first kappa shape index (κ1) is 16.0. The highest BCUT2D eigenvalue weighted by Crippen LogP contribution is 2.23. The molecule has 2 N–H and O–H groups in total. The highest BCUT2D eigenvalue weighted by atomic mass is 32.2. The lowest BCUT2D eigenvalue weighted by Gasteiger charge is -2.27. The van der Waals surface area contributed by atoms with Crippen LogP contribution in [0.3, 0.4) is 0 Å². The maximum atomic E-state index is 12.0. The van der Waals surface area contributed by atoms with Gasteiger partial charge in [-0.3, -0.25) is 4.79 Å². The van der Waals surface area contributed by atoms with Crippen molar-refractivity contribution < 1.29 is 18.3 Å². The Labute approximate surface area is 125 Å². The summed E-state index contributed by atoms with van der Waals surface area (Å²) in [5.74, 6) is -0.134. The van der Waals surface area contributed by atoms with Crippen LogP contribution >= 0.6 is 0 Å². The Morgan fingerprint density at radius 2 is 1.86 bits per heavy atom. The minimum absolute atomic E-state index is 0.109. The van der Waals surface area contributed by atoms with E-state index in [1.807, 2.05) is 0 Å². The second-order valence-corrected chi connectivity index (χ2v) is 7.63. The molecule has 1 fully saturated rings. The summed E-state index contributed by atoms with van der Waals surface area (Å²) in [7, 11) is -3.25. The molecule has 2 rings (SSSR count). The summed E-state index contributed by atoms with van der Waals surface area (Å²) in [6.07, 6.45) is 4.63. The Morgan fingerprint density at radius 3 is 2.43 bits per heavy atom. The molecule has 0 heterocycles. The fourth-order valence-corrected chi connectivity index (χ4v) is 3.24. The number of sulfone groups is 1. The van der Waals surface area contributed by atoms with Crippen molar-refractivity contribution in [2.24, 2.45) is 5.92 Å². The summed E-state index contributed by atoms with van der Waals surface area (Å²) in [6.45, 7) is 0.452. The van der Waals surface area contributed by atoms with Gasteiger partial charge in [0.25, 0.3) is 5.91 Å². The number of aliphatic hydroxyl groups excluding tert-OH is 1. The minimum atomic E-state index is -3.25. The van der Waals surface area contributed by atoms with E-state index < -0.39 is 9.84 Å². The molecule has 1 aliphatic rings. The van der Waals surface area contributed by atoms with Crippen LogP contribution in [0.2, 0.25) is 0 Å². The van der Waals surface area contributed by atoms with E-state index in [-0.39, 0.29) is 22.8 Å². The van der Waals surface area contributed by atoms with Gasteiger partial charge in [0.05, 0.1) is 11.0 Å². The van der Waals surface area contributed by atoms with Crippen molar-refractivity contribution >= 4 is 15.7 Å². The van der Waals surface area contributed by atoms with Crippen LogP contribution in [0.25, 0.3) is 0 Å². The van der Waals surface area contributed by atoms with Crippen LogP contribution in [0.5, 0.6) is 0 Å². The van der Waals surface area contributed by atoms with E-state index in [0.717, 1.165) is 31.9 Å². The Morgan fingerprint density at radius 1 is 1.24 bits per heavy atom. The molecule has 0 bridgehead atoms. The summed E-state index contributed by atoms with van der Waals surface area (Å²) >= 11 is 0. The summed E-state index contributed by atoms with van der Waals surface area (Å²) < 4.78 is 22.7. The molecule has 116 valence electrons. The molecule has 21 heavy (non-hydrogen) atoms. The van der Waals surface area contributed by atoms with E-state index in [2.05, 4.69) is 5.32 Å². The summed E-state index contributed by atoms with van der Waals surface area (Å²) in [4.78, 5) is 12.2. The third-order valence-electron chi connectivity index (χ3n) is 3.94. The Hall–Kier alpha value is -1.40. The van der Waals surface area contributed by atoms with E-state index in [4.69, 9.17) is 0 Å². The van der Waals surface area contributed by atoms with Crippen LogP contribution in [-0.2, 0) is 9.84 Å². The molecule has 1 amide bonds. The molecule has 1 aromatic rings. The van der Waals surface area contributed by atoms with Gasteiger partial charge in [-0.2, -0.15) is 0 Å². The molecular weight excluding hydrogens is 290 g/mol. The minimum Gasteiger partial charge on any atom is -0.393 e. The van der Waals surface area contributed by atoms with E-state index in [9.17, 15) is 18.3 Å². The fourth-order valence-electron chi connectivity index (χ4n) is 2.61. The normalized spacial score (nSPS) is 22.8. The fraction of sp³-hybridized carbons (Fsp3) is 0.533. The van der Waals surface area contributed by atoms with Crippen molar-refractivity contribution in [3.63, 3.8) is 0 Å². The van der Waals surface area contributed by atoms with E-state index >= 15 is 0 Å². The molecule has 5 nitrogen and oxygen atoms in total. The number of hydrogen-bond acceptors (Lipinski definition) is 4. The molecule has 0 aliphatic heterocycles. The Bertz CT molecular complexity index is 595. The highest BCUT2D eigenvalue weighted by molar-refractivity contribution is 7.90. The van der Waals surface area contributed by atoms with Gasteiger partial charge in [-0.1, -0.05) is 12.8 Å². The number of aliphatic hydroxyl groups is 1. The molecular formula is C15H21NO4S. The van der Waals surface area contributed by atoms with Gasteiger partial charge in [0.15, 0.2) is 9.84 Å². The topological polar surface area (TPSA) is 83.5 Å². The molecule has 2 atom stereocenters. The predicted octanol–water partition coefficient (Wildman–Crippen LogP) is 1.37. The molecule has 2 unspecified atom stereocenters. The lowest BCUT2D eigenvalue weighted by atomic mass is 9.86. The van der Waals surface area contributed by atoms with Gasteiger partial charge in [-0.15, -0.1) is 0 Å². The van der Waals surface area contributed by atoms with Gasteiger partial charge in [0.2, 0.25) is 0 Å². The van der Waals surface area contributed by atoms with Crippen LogP contribution in [0, 0.1) is 5.92 Å². The summed E-state index contributed by atoms with van der Waals surface area (Å²) in [6, 6.07) is 5.87. The smallest absolute Gasteiger partial charge is 0.251 e. The predicted molar refractivity (Wildman–Crippen MR) is 79.8 cm³/mol.